The fourth-order valence-electron chi connectivity index (χ4n) is 5.07. The van der Waals surface area contributed by atoms with Crippen LogP contribution in [-0.4, -0.2) is 82.0 Å². The standard InChI is InChI=1S/C28H46BN5O5/c1-18(2)22(32-25(36)37-26(3,4)5)23(35)33-14-10-11-21(17-33)34(20-12-13-20)24-30-15-19(16-31-24)29-38-27(6,7)28(8,9)39-29/h15-16,18,20-22H,10-14,17H2,1-9H3,(H,32,36)/t21-,22?/m0/s1. The van der Waals surface area contributed by atoms with Crippen LogP contribution in [0.4, 0.5) is 10.7 Å². The summed E-state index contributed by atoms with van der Waals surface area (Å²) in [5, 5.41) is 2.81. The predicted octanol–water partition coefficient (Wildman–Crippen LogP) is 3.28. The first kappa shape index (κ1) is 29.6. The second kappa shape index (κ2) is 10.9. The molecule has 1 aromatic rings. The van der Waals surface area contributed by atoms with Crippen molar-refractivity contribution in [2.45, 2.75) is 123 Å². The topological polar surface area (TPSA) is 106 Å². The number of aromatic nitrogens is 2. The lowest BCUT2D eigenvalue weighted by Crippen LogP contribution is -2.57. The van der Waals surface area contributed by atoms with E-state index in [9.17, 15) is 9.59 Å². The molecule has 39 heavy (non-hydrogen) atoms. The lowest BCUT2D eigenvalue weighted by molar-refractivity contribution is -0.135. The molecule has 216 valence electrons. The van der Waals surface area contributed by atoms with Crippen molar-refractivity contribution >= 4 is 30.5 Å². The van der Waals surface area contributed by atoms with E-state index in [2.05, 4.69) is 10.2 Å². The van der Waals surface area contributed by atoms with Crippen LogP contribution < -0.4 is 15.7 Å². The Balaban J connectivity index is 1.45. The number of hydrogen-bond donors (Lipinski definition) is 1. The van der Waals surface area contributed by atoms with Crippen molar-refractivity contribution in [2.75, 3.05) is 18.0 Å². The Labute approximate surface area is 233 Å². The van der Waals surface area contributed by atoms with Gasteiger partial charge >= 0.3 is 13.2 Å². The Morgan fingerprint density at radius 3 is 2.18 bits per heavy atom. The normalized spacial score (nSPS) is 23.5. The summed E-state index contributed by atoms with van der Waals surface area (Å²) in [5.74, 6) is 0.522. The van der Waals surface area contributed by atoms with E-state index in [1.165, 1.54) is 0 Å². The smallest absolute Gasteiger partial charge is 0.444 e. The van der Waals surface area contributed by atoms with E-state index >= 15 is 0 Å². The second-order valence-corrected chi connectivity index (χ2v) is 13.5. The molecule has 0 bridgehead atoms. The summed E-state index contributed by atoms with van der Waals surface area (Å²) in [6, 6.07) is -0.177. The van der Waals surface area contributed by atoms with Crippen molar-refractivity contribution < 1.29 is 23.6 Å². The fraction of sp³-hybridized carbons (Fsp3) is 0.786. The van der Waals surface area contributed by atoms with Crippen LogP contribution in [0.5, 0.6) is 0 Å². The number of amides is 2. The summed E-state index contributed by atoms with van der Waals surface area (Å²) in [7, 11) is -0.508. The number of rotatable bonds is 7. The van der Waals surface area contributed by atoms with Crippen molar-refractivity contribution in [1.29, 1.82) is 0 Å². The van der Waals surface area contributed by atoms with E-state index in [0.29, 0.717) is 25.1 Å². The molecule has 3 heterocycles. The van der Waals surface area contributed by atoms with Crippen molar-refractivity contribution in [2.24, 2.45) is 5.92 Å². The van der Waals surface area contributed by atoms with Gasteiger partial charge in [0.1, 0.15) is 11.6 Å². The molecule has 1 aliphatic carbocycles. The average Bonchev–Trinajstić information content (AvgIpc) is 3.62. The van der Waals surface area contributed by atoms with Crippen molar-refractivity contribution in [3.63, 3.8) is 0 Å². The maximum atomic E-state index is 13.6. The zero-order valence-electron chi connectivity index (χ0n) is 25.1. The summed E-state index contributed by atoms with van der Waals surface area (Å²) in [6.07, 6.45) is 7.02. The molecule has 0 aromatic carbocycles. The first-order valence-corrected chi connectivity index (χ1v) is 14.3. The molecule has 4 rings (SSSR count). The van der Waals surface area contributed by atoms with Gasteiger partial charge in [-0.3, -0.25) is 4.79 Å². The van der Waals surface area contributed by atoms with Gasteiger partial charge in [0, 0.05) is 43.0 Å². The van der Waals surface area contributed by atoms with Gasteiger partial charge in [0.25, 0.3) is 0 Å². The van der Waals surface area contributed by atoms with Gasteiger partial charge in [-0.1, -0.05) is 13.8 Å². The first-order valence-electron chi connectivity index (χ1n) is 14.3. The van der Waals surface area contributed by atoms with Crippen LogP contribution in [0.25, 0.3) is 0 Å². The predicted molar refractivity (Wildman–Crippen MR) is 151 cm³/mol. The minimum atomic E-state index is -0.650. The zero-order chi connectivity index (χ0) is 28.8. The van der Waals surface area contributed by atoms with Gasteiger partial charge in [-0.2, -0.15) is 0 Å². The molecular formula is C28H46BN5O5. The Morgan fingerprint density at radius 1 is 1.08 bits per heavy atom. The maximum Gasteiger partial charge on any atom is 0.498 e. The van der Waals surface area contributed by atoms with Gasteiger partial charge in [-0.05, 0) is 80.1 Å². The largest absolute Gasteiger partial charge is 0.498 e. The molecule has 1 unspecified atom stereocenters. The summed E-state index contributed by atoms with van der Waals surface area (Å²) in [5.41, 5.74) is -0.698. The molecule has 1 aromatic heterocycles. The van der Waals surface area contributed by atoms with Gasteiger partial charge in [0.2, 0.25) is 11.9 Å². The van der Waals surface area contributed by atoms with Crippen LogP contribution in [0.2, 0.25) is 0 Å². The summed E-state index contributed by atoms with van der Waals surface area (Å²) in [4.78, 5) is 39.7. The number of nitrogens with one attached hydrogen (secondary N) is 1. The highest BCUT2D eigenvalue weighted by molar-refractivity contribution is 6.61. The van der Waals surface area contributed by atoms with Gasteiger partial charge in [0.05, 0.1) is 11.2 Å². The quantitative estimate of drug-likeness (QED) is 0.523. The van der Waals surface area contributed by atoms with Gasteiger partial charge < -0.3 is 29.2 Å². The fourth-order valence-corrected chi connectivity index (χ4v) is 5.07. The van der Waals surface area contributed by atoms with E-state index in [0.717, 1.165) is 31.1 Å². The molecule has 11 heteroatoms. The number of alkyl carbamates (subject to hydrolysis) is 1. The number of carbonyl (C=O) groups excluding carboxylic acids is 2. The Morgan fingerprint density at radius 2 is 1.67 bits per heavy atom. The third-order valence-corrected chi connectivity index (χ3v) is 8.06. The molecule has 2 aliphatic heterocycles. The molecule has 3 fully saturated rings. The minimum Gasteiger partial charge on any atom is -0.444 e. The minimum absolute atomic E-state index is 0.0733. The Kier molecular flexibility index (Phi) is 8.25. The third kappa shape index (κ3) is 6.85. The highest BCUT2D eigenvalue weighted by Gasteiger charge is 2.52. The van der Waals surface area contributed by atoms with Gasteiger partial charge in [-0.15, -0.1) is 0 Å². The monoisotopic (exact) mass is 543 g/mol. The van der Waals surface area contributed by atoms with E-state index in [-0.39, 0.29) is 17.9 Å². The van der Waals surface area contributed by atoms with Crippen molar-refractivity contribution in [1.82, 2.24) is 20.2 Å². The summed E-state index contributed by atoms with van der Waals surface area (Å²) < 4.78 is 17.7. The van der Waals surface area contributed by atoms with Gasteiger partial charge in [-0.25, -0.2) is 14.8 Å². The van der Waals surface area contributed by atoms with Crippen LogP contribution in [0.3, 0.4) is 0 Å². The van der Waals surface area contributed by atoms with Crippen molar-refractivity contribution in [3.8, 4) is 0 Å². The Bertz CT molecular complexity index is 1020. The molecule has 1 saturated carbocycles. The molecule has 0 spiro atoms. The van der Waals surface area contributed by atoms with Crippen LogP contribution in [0, 0.1) is 5.92 Å². The van der Waals surface area contributed by atoms with E-state index in [1.807, 2.05) is 67.2 Å². The van der Waals surface area contributed by atoms with Crippen LogP contribution in [0.15, 0.2) is 12.4 Å². The molecule has 2 amide bonds. The molecule has 10 nitrogen and oxygen atoms in total. The molecule has 1 N–H and O–H groups in total. The number of carbonyl (C=O) groups is 2. The Hall–Kier alpha value is -2.40. The maximum absolute atomic E-state index is 13.6. The number of piperidine rings is 1. The van der Waals surface area contributed by atoms with E-state index < -0.39 is 36.1 Å². The van der Waals surface area contributed by atoms with Crippen LogP contribution >= 0.6 is 0 Å². The molecule has 0 radical (unpaired) electrons. The lowest BCUT2D eigenvalue weighted by atomic mass is 9.81. The summed E-state index contributed by atoms with van der Waals surface area (Å²) in [6.45, 7) is 18.6. The number of ether oxygens (including phenoxy) is 1. The number of anilines is 1. The molecule has 2 saturated heterocycles. The van der Waals surface area contributed by atoms with Crippen LogP contribution in [-0.2, 0) is 18.8 Å². The highest BCUT2D eigenvalue weighted by Crippen LogP contribution is 2.37. The third-order valence-electron chi connectivity index (χ3n) is 8.06. The number of likely N-dealkylation sites (tertiary alicyclic amines) is 1. The SMILES string of the molecule is CC(C)C(NC(=O)OC(C)(C)C)C(=O)N1CCC[C@H](N(c2ncc(B3OC(C)(C)C(C)(C)O3)cn2)C2CC2)C1. The first-order chi connectivity index (χ1) is 18.1. The second-order valence-electron chi connectivity index (χ2n) is 13.5. The summed E-state index contributed by atoms with van der Waals surface area (Å²) >= 11 is 0. The van der Waals surface area contributed by atoms with Gasteiger partial charge in [0.15, 0.2) is 0 Å². The molecule has 3 aliphatic rings. The number of hydrogen-bond acceptors (Lipinski definition) is 8. The van der Waals surface area contributed by atoms with Crippen molar-refractivity contribution in [3.05, 3.63) is 12.4 Å². The highest BCUT2D eigenvalue weighted by atomic mass is 16.7. The zero-order valence-corrected chi connectivity index (χ0v) is 25.1. The lowest BCUT2D eigenvalue weighted by Gasteiger charge is -2.41. The average molecular weight is 544 g/mol. The van der Waals surface area contributed by atoms with E-state index in [4.69, 9.17) is 24.0 Å². The number of nitrogens with zero attached hydrogens (tertiary/aromatic N) is 4. The van der Waals surface area contributed by atoms with Crippen LogP contribution in [0.1, 0.15) is 88.0 Å². The van der Waals surface area contributed by atoms with E-state index in [1.54, 1.807) is 12.4 Å². The molecular weight excluding hydrogens is 497 g/mol. The molecule has 2 atom stereocenters.